The van der Waals surface area contributed by atoms with Gasteiger partial charge < -0.3 is 15.2 Å². The number of amides is 3. The van der Waals surface area contributed by atoms with Crippen molar-refractivity contribution in [2.24, 2.45) is 5.92 Å². The molecule has 3 N–H and O–H groups in total. The molecular weight excluding hydrogens is 389 g/mol. The number of rotatable bonds is 6. The van der Waals surface area contributed by atoms with Crippen molar-refractivity contribution in [3.8, 4) is 0 Å². The van der Waals surface area contributed by atoms with Crippen LogP contribution in [0.1, 0.15) is 12.8 Å². The maximum Gasteiger partial charge on any atom is 0.228 e. The van der Waals surface area contributed by atoms with Gasteiger partial charge in [0.05, 0.1) is 17.0 Å². The van der Waals surface area contributed by atoms with E-state index in [-0.39, 0.29) is 49.5 Å². The third kappa shape index (κ3) is 4.29. The van der Waals surface area contributed by atoms with E-state index in [0.29, 0.717) is 11.6 Å². The molecule has 4 rings (SSSR count). The van der Waals surface area contributed by atoms with Gasteiger partial charge >= 0.3 is 0 Å². The zero-order valence-electron chi connectivity index (χ0n) is 16.0. The number of H-pyrrole nitrogens is 1. The van der Waals surface area contributed by atoms with Crippen molar-refractivity contribution in [1.29, 1.82) is 0 Å². The fourth-order valence-electron chi connectivity index (χ4n) is 3.40. The van der Waals surface area contributed by atoms with Gasteiger partial charge in [0.25, 0.3) is 0 Å². The lowest BCUT2D eigenvalue weighted by Crippen LogP contribution is -2.34. The number of benzene rings is 2. The summed E-state index contributed by atoms with van der Waals surface area (Å²) < 4.78 is 13.1. The van der Waals surface area contributed by atoms with Crippen molar-refractivity contribution in [1.82, 2.24) is 15.3 Å². The molecule has 3 amide bonds. The van der Waals surface area contributed by atoms with Crippen LogP contribution in [0.2, 0.25) is 0 Å². The second-order valence-corrected chi connectivity index (χ2v) is 7.07. The number of hydrogen-bond donors (Lipinski definition) is 3. The minimum Gasteiger partial charge on any atom is -0.355 e. The van der Waals surface area contributed by atoms with E-state index in [9.17, 15) is 18.8 Å². The Bertz CT molecular complexity index is 1060. The van der Waals surface area contributed by atoms with Gasteiger partial charge in [-0.2, -0.15) is 0 Å². The van der Waals surface area contributed by atoms with Gasteiger partial charge in [-0.05, 0) is 36.4 Å². The second kappa shape index (κ2) is 8.32. The molecule has 0 radical (unpaired) electrons. The number of carbonyl (C=O) groups is 3. The average molecular weight is 409 g/mol. The zero-order valence-corrected chi connectivity index (χ0v) is 16.0. The first-order valence-electron chi connectivity index (χ1n) is 9.58. The van der Waals surface area contributed by atoms with Gasteiger partial charge in [-0.3, -0.25) is 19.7 Å². The first kappa shape index (κ1) is 19.6. The number of anilines is 2. The first-order chi connectivity index (χ1) is 14.5. The molecule has 1 aliphatic heterocycles. The summed E-state index contributed by atoms with van der Waals surface area (Å²) in [7, 11) is 0. The van der Waals surface area contributed by atoms with Crippen molar-refractivity contribution < 1.29 is 18.8 Å². The molecule has 0 unspecified atom stereocenters. The predicted octanol–water partition coefficient (Wildman–Crippen LogP) is 2.20. The Morgan fingerprint density at radius 3 is 2.70 bits per heavy atom. The monoisotopic (exact) mass is 409 g/mol. The topological polar surface area (TPSA) is 107 Å². The van der Waals surface area contributed by atoms with Gasteiger partial charge in [0.1, 0.15) is 5.82 Å². The summed E-state index contributed by atoms with van der Waals surface area (Å²) in [6, 6.07) is 13.0. The molecule has 1 aliphatic rings. The van der Waals surface area contributed by atoms with Crippen molar-refractivity contribution in [2.75, 3.05) is 23.3 Å². The lowest BCUT2D eigenvalue weighted by atomic mass is 10.1. The quantitative estimate of drug-likeness (QED) is 0.580. The van der Waals surface area contributed by atoms with Crippen LogP contribution in [0.25, 0.3) is 11.0 Å². The highest BCUT2D eigenvalue weighted by Gasteiger charge is 2.35. The Morgan fingerprint density at radius 2 is 1.93 bits per heavy atom. The summed E-state index contributed by atoms with van der Waals surface area (Å²) in [5.41, 5.74) is 2.12. The molecule has 30 heavy (non-hydrogen) atoms. The van der Waals surface area contributed by atoms with Crippen LogP contribution >= 0.6 is 0 Å². The Morgan fingerprint density at radius 1 is 1.17 bits per heavy atom. The average Bonchev–Trinajstić information content (AvgIpc) is 3.31. The number of hydrogen-bond acceptors (Lipinski definition) is 4. The Balaban J connectivity index is 1.25. The van der Waals surface area contributed by atoms with E-state index in [1.165, 1.54) is 29.2 Å². The van der Waals surface area contributed by atoms with Crippen LogP contribution in [-0.4, -0.2) is 40.8 Å². The number of aromatic nitrogens is 2. The largest absolute Gasteiger partial charge is 0.355 e. The Kier molecular flexibility index (Phi) is 5.42. The van der Waals surface area contributed by atoms with Crippen molar-refractivity contribution in [3.63, 3.8) is 0 Å². The van der Waals surface area contributed by atoms with Gasteiger partial charge in [0.2, 0.25) is 23.7 Å². The van der Waals surface area contributed by atoms with Crippen LogP contribution < -0.4 is 15.5 Å². The summed E-state index contributed by atoms with van der Waals surface area (Å²) in [4.78, 5) is 45.4. The van der Waals surface area contributed by atoms with Gasteiger partial charge in [-0.25, -0.2) is 9.37 Å². The second-order valence-electron chi connectivity index (χ2n) is 7.07. The number of aromatic amines is 1. The molecule has 9 heteroatoms. The molecule has 2 heterocycles. The van der Waals surface area contributed by atoms with Crippen molar-refractivity contribution in [3.05, 3.63) is 54.3 Å². The van der Waals surface area contributed by atoms with Crippen LogP contribution in [-0.2, 0) is 14.4 Å². The molecule has 0 saturated carbocycles. The molecule has 3 aromatic rings. The number of carbonyl (C=O) groups excluding carboxylic acids is 3. The zero-order chi connectivity index (χ0) is 21.1. The number of nitrogens with zero attached hydrogens (tertiary/aromatic N) is 2. The summed E-state index contributed by atoms with van der Waals surface area (Å²) >= 11 is 0. The molecule has 1 aromatic heterocycles. The summed E-state index contributed by atoms with van der Waals surface area (Å²) in [6.45, 7) is 0.369. The van der Waals surface area contributed by atoms with Crippen molar-refractivity contribution in [2.45, 2.75) is 12.8 Å². The van der Waals surface area contributed by atoms with E-state index in [1.54, 1.807) is 0 Å². The van der Waals surface area contributed by atoms with E-state index in [0.717, 1.165) is 11.0 Å². The summed E-state index contributed by atoms with van der Waals surface area (Å²) in [5, 5.41) is 5.37. The van der Waals surface area contributed by atoms with Gasteiger partial charge in [-0.1, -0.05) is 12.1 Å². The van der Waals surface area contributed by atoms with Gasteiger partial charge in [0.15, 0.2) is 0 Å². The van der Waals surface area contributed by atoms with Crippen LogP contribution in [0, 0.1) is 11.7 Å². The maximum atomic E-state index is 13.1. The number of fused-ring (bicyclic) bond motifs is 1. The third-order valence-electron chi connectivity index (χ3n) is 4.93. The molecule has 1 atom stereocenters. The highest BCUT2D eigenvalue weighted by Crippen LogP contribution is 2.25. The Labute approximate surface area is 171 Å². The SMILES string of the molecule is O=C(CCNC(=O)[C@@H]1CC(=O)N(c2ccc(F)cc2)C1)Nc1nc2ccccc2[nH]1. The van der Waals surface area contributed by atoms with Crippen molar-refractivity contribution >= 4 is 40.4 Å². The highest BCUT2D eigenvalue weighted by atomic mass is 19.1. The van der Waals surface area contributed by atoms with Gasteiger partial charge in [0, 0.05) is 31.6 Å². The summed E-state index contributed by atoms with van der Waals surface area (Å²) in [5.74, 6) is -1.32. The van der Waals surface area contributed by atoms with Crippen LogP contribution in [0.3, 0.4) is 0 Å². The fraction of sp³-hybridized carbons (Fsp3) is 0.238. The number of para-hydroxylation sites is 2. The maximum absolute atomic E-state index is 13.1. The predicted molar refractivity (Wildman–Crippen MR) is 109 cm³/mol. The highest BCUT2D eigenvalue weighted by molar-refractivity contribution is 6.00. The van der Waals surface area contributed by atoms with E-state index in [2.05, 4.69) is 20.6 Å². The molecule has 1 saturated heterocycles. The standard InChI is InChI=1S/C21H20FN5O3/c22-14-5-7-15(8-6-14)27-12-13(11-19(27)29)20(30)23-10-9-18(28)26-21-24-16-3-1-2-4-17(16)25-21/h1-8,13H,9-12H2,(H,23,30)(H2,24,25,26,28)/t13-/m1/s1. The van der Waals surface area contributed by atoms with Gasteiger partial charge in [-0.15, -0.1) is 0 Å². The minimum absolute atomic E-state index is 0.0745. The summed E-state index contributed by atoms with van der Waals surface area (Å²) in [6.07, 6.45) is 0.152. The lowest BCUT2D eigenvalue weighted by Gasteiger charge is -2.16. The fourth-order valence-corrected chi connectivity index (χ4v) is 3.40. The number of imidazole rings is 1. The molecule has 8 nitrogen and oxygen atoms in total. The molecule has 154 valence electrons. The molecule has 0 spiro atoms. The smallest absolute Gasteiger partial charge is 0.228 e. The van der Waals surface area contributed by atoms with Crippen LogP contribution in [0.4, 0.5) is 16.0 Å². The van der Waals surface area contributed by atoms with E-state index >= 15 is 0 Å². The minimum atomic E-state index is -0.513. The molecular formula is C21H20FN5O3. The van der Waals surface area contributed by atoms with E-state index in [1.807, 2.05) is 24.3 Å². The first-order valence-corrected chi connectivity index (χ1v) is 9.58. The normalized spacial score (nSPS) is 16.1. The lowest BCUT2D eigenvalue weighted by molar-refractivity contribution is -0.126. The molecule has 1 fully saturated rings. The molecule has 0 bridgehead atoms. The van der Waals surface area contributed by atoms with E-state index < -0.39 is 5.92 Å². The van der Waals surface area contributed by atoms with Crippen LogP contribution in [0.15, 0.2) is 48.5 Å². The number of nitrogens with one attached hydrogen (secondary N) is 3. The molecule has 0 aliphatic carbocycles. The Hall–Kier alpha value is -3.75. The van der Waals surface area contributed by atoms with Crippen LogP contribution in [0.5, 0.6) is 0 Å². The number of halogens is 1. The third-order valence-corrected chi connectivity index (χ3v) is 4.93. The van der Waals surface area contributed by atoms with E-state index in [4.69, 9.17) is 0 Å². The molecule has 2 aromatic carbocycles.